The van der Waals surface area contributed by atoms with Gasteiger partial charge in [-0.15, -0.1) is 23.1 Å². The molecule has 0 fully saturated rings. The molecule has 33 heavy (non-hydrogen) atoms. The Morgan fingerprint density at radius 3 is 2.36 bits per heavy atom. The fourth-order valence-corrected chi connectivity index (χ4v) is 6.64. The van der Waals surface area contributed by atoms with Crippen LogP contribution in [0.3, 0.4) is 0 Å². The van der Waals surface area contributed by atoms with E-state index in [0.717, 1.165) is 28.3 Å². The molecule has 6 rings (SSSR count). The van der Waals surface area contributed by atoms with Crippen LogP contribution in [0.1, 0.15) is 5.56 Å². The molecular formula is C30H21NS2. The Morgan fingerprint density at radius 1 is 0.697 bits per heavy atom. The number of hydrogen-bond donors (Lipinski definition) is 0. The molecule has 3 heteroatoms. The first-order valence-electron chi connectivity index (χ1n) is 11.0. The third kappa shape index (κ3) is 3.64. The second-order valence-corrected chi connectivity index (χ2v) is 10.1. The molecule has 5 aromatic rings. The fraction of sp³-hybridized carbons (Fsp3) is 0.0333. The number of hydrogen-bond acceptors (Lipinski definition) is 3. The smallest absolute Gasteiger partial charge is 0.0723 e. The zero-order valence-corrected chi connectivity index (χ0v) is 19.6. The predicted octanol–water partition coefficient (Wildman–Crippen LogP) is 9.01. The van der Waals surface area contributed by atoms with E-state index in [9.17, 15) is 0 Å². The van der Waals surface area contributed by atoms with Gasteiger partial charge >= 0.3 is 0 Å². The van der Waals surface area contributed by atoms with Crippen LogP contribution in [0.5, 0.6) is 0 Å². The summed E-state index contributed by atoms with van der Waals surface area (Å²) in [5.74, 6) is 0.919. The van der Waals surface area contributed by atoms with E-state index in [2.05, 4.69) is 110 Å². The summed E-state index contributed by atoms with van der Waals surface area (Å²) in [6, 6.07) is 28.0. The largest absolute Gasteiger partial charge is 0.248 e. The van der Waals surface area contributed by atoms with Crippen molar-refractivity contribution in [1.29, 1.82) is 0 Å². The van der Waals surface area contributed by atoms with Gasteiger partial charge in [-0.25, -0.2) is 4.98 Å². The molecule has 1 aliphatic heterocycles. The molecule has 0 saturated carbocycles. The topological polar surface area (TPSA) is 12.9 Å². The molecule has 158 valence electrons. The van der Waals surface area contributed by atoms with Crippen LogP contribution in [0.2, 0.25) is 0 Å². The zero-order valence-electron chi connectivity index (χ0n) is 18.0. The van der Waals surface area contributed by atoms with Crippen molar-refractivity contribution in [3.63, 3.8) is 0 Å². The lowest BCUT2D eigenvalue weighted by Crippen LogP contribution is -1.93. The van der Waals surface area contributed by atoms with Crippen molar-refractivity contribution in [3.8, 4) is 22.5 Å². The van der Waals surface area contributed by atoms with Crippen molar-refractivity contribution in [1.82, 2.24) is 4.98 Å². The molecule has 0 radical (unpaired) electrons. The third-order valence-electron chi connectivity index (χ3n) is 5.93. The van der Waals surface area contributed by atoms with Crippen molar-refractivity contribution >= 4 is 48.8 Å². The van der Waals surface area contributed by atoms with Gasteiger partial charge in [-0.05, 0) is 29.3 Å². The van der Waals surface area contributed by atoms with Crippen molar-refractivity contribution in [3.05, 3.63) is 115 Å². The standard InChI is InChI=1S/C30H21NS2/c1-20-10-3-2-6-19-32-29-21(20)12-7-14-24(29)26-16-9-17-27(31-26)25-15-8-13-23-22-11-4-5-18-28(22)33-30(23)25/h2-18H,1,19H2/b6-2-,10-3-. The minimum absolute atomic E-state index is 0.919. The second-order valence-electron chi connectivity index (χ2n) is 7.99. The molecule has 0 atom stereocenters. The van der Waals surface area contributed by atoms with Gasteiger partial charge in [-0.1, -0.05) is 91.5 Å². The fourth-order valence-electron chi connectivity index (χ4n) is 4.36. The molecule has 3 aromatic carbocycles. The van der Waals surface area contributed by atoms with E-state index in [1.165, 1.54) is 36.2 Å². The molecule has 1 aliphatic rings. The molecule has 0 bridgehead atoms. The summed E-state index contributed by atoms with van der Waals surface area (Å²) in [4.78, 5) is 6.41. The third-order valence-corrected chi connectivity index (χ3v) is 8.24. The zero-order chi connectivity index (χ0) is 22.2. The van der Waals surface area contributed by atoms with E-state index < -0.39 is 0 Å². The minimum Gasteiger partial charge on any atom is -0.248 e. The normalized spacial score (nSPS) is 15.6. The summed E-state index contributed by atoms with van der Waals surface area (Å²) in [6.45, 7) is 4.30. The number of thioether (sulfide) groups is 1. The predicted molar refractivity (Wildman–Crippen MR) is 146 cm³/mol. The van der Waals surface area contributed by atoms with E-state index in [1.54, 1.807) is 0 Å². The summed E-state index contributed by atoms with van der Waals surface area (Å²) in [5.41, 5.74) is 6.55. The number of rotatable bonds is 2. The summed E-state index contributed by atoms with van der Waals surface area (Å²) >= 11 is 3.69. The van der Waals surface area contributed by atoms with Crippen molar-refractivity contribution < 1.29 is 0 Å². The second kappa shape index (κ2) is 8.51. The van der Waals surface area contributed by atoms with Crippen LogP contribution in [-0.4, -0.2) is 10.7 Å². The van der Waals surface area contributed by atoms with Gasteiger partial charge in [0.05, 0.1) is 11.4 Å². The van der Waals surface area contributed by atoms with Gasteiger partial charge in [0.15, 0.2) is 0 Å². The maximum absolute atomic E-state index is 5.17. The highest BCUT2D eigenvalue weighted by Crippen LogP contribution is 2.41. The Morgan fingerprint density at radius 2 is 1.42 bits per heavy atom. The first kappa shape index (κ1) is 20.2. The summed E-state index contributed by atoms with van der Waals surface area (Å²) in [5, 5.41) is 2.61. The van der Waals surface area contributed by atoms with E-state index in [4.69, 9.17) is 4.98 Å². The number of pyridine rings is 1. The lowest BCUT2D eigenvalue weighted by Gasteiger charge is -2.14. The van der Waals surface area contributed by atoms with Gasteiger partial charge in [0, 0.05) is 41.9 Å². The van der Waals surface area contributed by atoms with E-state index in [0.29, 0.717) is 0 Å². The Balaban J connectivity index is 1.52. The summed E-state index contributed by atoms with van der Waals surface area (Å²) < 4.78 is 2.61. The SMILES string of the molecule is C=C1/C=C\C=C/CSc2c1cccc2-c1cccc(-c2cccc3c2sc2ccccc23)n1. The van der Waals surface area contributed by atoms with Crippen LogP contribution >= 0.6 is 23.1 Å². The highest BCUT2D eigenvalue weighted by molar-refractivity contribution is 7.99. The van der Waals surface area contributed by atoms with Crippen LogP contribution in [0, 0.1) is 0 Å². The molecule has 3 heterocycles. The Hall–Kier alpha value is -3.40. The van der Waals surface area contributed by atoms with Crippen LogP contribution < -0.4 is 0 Å². The van der Waals surface area contributed by atoms with Gasteiger partial charge in [-0.2, -0.15) is 0 Å². The number of fused-ring (bicyclic) bond motifs is 4. The van der Waals surface area contributed by atoms with Crippen molar-refractivity contribution in [2.75, 3.05) is 5.75 Å². The van der Waals surface area contributed by atoms with E-state index >= 15 is 0 Å². The average molecular weight is 460 g/mol. The molecule has 1 nitrogen and oxygen atoms in total. The number of thiophene rings is 1. The van der Waals surface area contributed by atoms with Gasteiger partial charge < -0.3 is 0 Å². The first-order valence-corrected chi connectivity index (χ1v) is 12.8. The average Bonchev–Trinajstić information content (AvgIpc) is 3.28. The summed E-state index contributed by atoms with van der Waals surface area (Å²) in [6.07, 6.45) is 8.42. The number of benzene rings is 3. The summed E-state index contributed by atoms with van der Waals surface area (Å²) in [7, 11) is 0. The van der Waals surface area contributed by atoms with Gasteiger partial charge in [0.1, 0.15) is 0 Å². The van der Waals surface area contributed by atoms with Crippen LogP contribution in [-0.2, 0) is 0 Å². The van der Waals surface area contributed by atoms with Crippen LogP contribution in [0.15, 0.2) is 115 Å². The molecule has 0 N–H and O–H groups in total. The van der Waals surface area contributed by atoms with Gasteiger partial charge in [-0.3, -0.25) is 0 Å². The van der Waals surface area contributed by atoms with E-state index in [1.807, 2.05) is 23.1 Å². The van der Waals surface area contributed by atoms with Crippen LogP contribution in [0.4, 0.5) is 0 Å². The lowest BCUT2D eigenvalue weighted by atomic mass is 10.0. The maximum atomic E-state index is 5.17. The maximum Gasteiger partial charge on any atom is 0.0723 e. The monoisotopic (exact) mass is 459 g/mol. The Labute approximate surface area is 201 Å². The number of nitrogens with zero attached hydrogens (tertiary/aromatic N) is 1. The van der Waals surface area contributed by atoms with Gasteiger partial charge in [0.2, 0.25) is 0 Å². The number of aromatic nitrogens is 1. The molecule has 0 spiro atoms. The first-order chi connectivity index (χ1) is 16.3. The van der Waals surface area contributed by atoms with Crippen molar-refractivity contribution in [2.45, 2.75) is 4.90 Å². The lowest BCUT2D eigenvalue weighted by molar-refractivity contribution is 1.29. The molecule has 0 saturated heterocycles. The molecule has 0 aliphatic carbocycles. The van der Waals surface area contributed by atoms with E-state index in [-0.39, 0.29) is 0 Å². The highest BCUT2D eigenvalue weighted by atomic mass is 32.2. The number of allylic oxidation sites excluding steroid dienone is 4. The molecule has 0 unspecified atom stereocenters. The molecule has 0 amide bonds. The Kier molecular flexibility index (Phi) is 5.21. The Bertz CT molecular complexity index is 1590. The van der Waals surface area contributed by atoms with Gasteiger partial charge in [0.25, 0.3) is 0 Å². The van der Waals surface area contributed by atoms with Crippen LogP contribution in [0.25, 0.3) is 48.3 Å². The molecule has 2 aromatic heterocycles. The molecular weight excluding hydrogens is 438 g/mol. The quantitative estimate of drug-likeness (QED) is 0.261. The highest BCUT2D eigenvalue weighted by Gasteiger charge is 2.15. The minimum atomic E-state index is 0.919. The van der Waals surface area contributed by atoms with Crippen molar-refractivity contribution in [2.24, 2.45) is 0 Å².